The third kappa shape index (κ3) is 4.53. The number of halogens is 1. The predicted octanol–water partition coefficient (Wildman–Crippen LogP) is 3.88. The standard InChI is InChI=1S/C20H22ClNO3S/c1-12-9-15(25-11-13(2)16-5-3-4-6-17(16)21)8-7-14(12)10-18-19(23)22-20(24)26-18/h3-9,13,18,20,24H,10-11H2,1-2H3,(H,22,23)/t13-,18?,20?/m1/s1. The Hall–Kier alpha value is -1.69. The van der Waals surface area contributed by atoms with E-state index in [1.807, 2.05) is 49.4 Å². The highest BCUT2D eigenvalue weighted by Crippen LogP contribution is 2.28. The van der Waals surface area contributed by atoms with Gasteiger partial charge < -0.3 is 15.2 Å². The minimum atomic E-state index is -0.804. The molecule has 2 aromatic rings. The zero-order valence-corrected chi connectivity index (χ0v) is 16.3. The summed E-state index contributed by atoms with van der Waals surface area (Å²) in [6.07, 6.45) is 0.593. The number of nitrogens with one attached hydrogen (secondary N) is 1. The Morgan fingerprint density at radius 1 is 1.31 bits per heavy atom. The number of hydrogen-bond donors (Lipinski definition) is 2. The smallest absolute Gasteiger partial charge is 0.236 e. The van der Waals surface area contributed by atoms with E-state index in [1.54, 1.807) is 0 Å². The van der Waals surface area contributed by atoms with Crippen LogP contribution in [0.2, 0.25) is 5.02 Å². The van der Waals surface area contributed by atoms with Gasteiger partial charge in [0, 0.05) is 10.9 Å². The lowest BCUT2D eigenvalue weighted by Gasteiger charge is -2.16. The first-order chi connectivity index (χ1) is 12.4. The van der Waals surface area contributed by atoms with E-state index in [0.29, 0.717) is 13.0 Å². The molecular weight excluding hydrogens is 370 g/mol. The van der Waals surface area contributed by atoms with Crippen molar-refractivity contribution in [3.63, 3.8) is 0 Å². The molecule has 1 heterocycles. The van der Waals surface area contributed by atoms with Crippen molar-refractivity contribution in [1.82, 2.24) is 5.32 Å². The van der Waals surface area contributed by atoms with Gasteiger partial charge in [-0.1, -0.05) is 54.6 Å². The minimum absolute atomic E-state index is 0.115. The number of hydrogen-bond acceptors (Lipinski definition) is 4. The summed E-state index contributed by atoms with van der Waals surface area (Å²) in [5.41, 5.74) is 2.42. The molecule has 0 saturated carbocycles. The third-order valence-electron chi connectivity index (χ3n) is 4.51. The highest BCUT2D eigenvalue weighted by atomic mass is 35.5. The Bertz CT molecular complexity index is 798. The first-order valence-corrected chi connectivity index (χ1v) is 9.87. The molecule has 138 valence electrons. The molecule has 3 rings (SSSR count). The highest BCUT2D eigenvalue weighted by molar-refractivity contribution is 8.01. The van der Waals surface area contributed by atoms with Gasteiger partial charge >= 0.3 is 0 Å². The van der Waals surface area contributed by atoms with Crippen LogP contribution in [0.5, 0.6) is 5.75 Å². The van der Waals surface area contributed by atoms with Crippen molar-refractivity contribution < 1.29 is 14.6 Å². The van der Waals surface area contributed by atoms with Crippen LogP contribution < -0.4 is 10.1 Å². The number of aliphatic hydroxyl groups excluding tert-OH is 1. The third-order valence-corrected chi connectivity index (χ3v) is 5.94. The van der Waals surface area contributed by atoms with Crippen LogP contribution in [0.4, 0.5) is 0 Å². The Balaban J connectivity index is 1.61. The number of benzene rings is 2. The Morgan fingerprint density at radius 3 is 2.73 bits per heavy atom. The fraction of sp³-hybridized carbons (Fsp3) is 0.350. The molecular formula is C20H22ClNO3S. The summed E-state index contributed by atoms with van der Waals surface area (Å²) >= 11 is 7.49. The number of amides is 1. The monoisotopic (exact) mass is 391 g/mol. The molecule has 1 aliphatic rings. The molecule has 0 aliphatic carbocycles. The molecule has 1 saturated heterocycles. The van der Waals surface area contributed by atoms with Crippen molar-refractivity contribution in [3.8, 4) is 5.75 Å². The van der Waals surface area contributed by atoms with E-state index in [0.717, 1.165) is 27.5 Å². The van der Waals surface area contributed by atoms with Crippen molar-refractivity contribution in [2.24, 2.45) is 0 Å². The molecule has 1 amide bonds. The van der Waals surface area contributed by atoms with Crippen molar-refractivity contribution in [3.05, 3.63) is 64.2 Å². The van der Waals surface area contributed by atoms with Crippen LogP contribution in [0.25, 0.3) is 0 Å². The average molecular weight is 392 g/mol. The van der Waals surface area contributed by atoms with Crippen LogP contribution >= 0.6 is 23.4 Å². The van der Waals surface area contributed by atoms with E-state index in [4.69, 9.17) is 16.3 Å². The van der Waals surface area contributed by atoms with Crippen molar-refractivity contribution >= 4 is 29.3 Å². The number of carbonyl (C=O) groups excluding carboxylic acids is 1. The Morgan fingerprint density at radius 2 is 2.08 bits per heavy atom. The quantitative estimate of drug-likeness (QED) is 0.784. The van der Waals surface area contributed by atoms with Crippen molar-refractivity contribution in [1.29, 1.82) is 0 Å². The number of aliphatic hydroxyl groups is 1. The summed E-state index contributed by atoms with van der Waals surface area (Å²) in [7, 11) is 0. The number of carbonyl (C=O) groups is 1. The Kier molecular flexibility index (Phi) is 6.12. The van der Waals surface area contributed by atoms with Gasteiger partial charge in [-0.3, -0.25) is 4.79 Å². The van der Waals surface area contributed by atoms with Gasteiger partial charge in [0.15, 0.2) is 5.56 Å². The molecule has 26 heavy (non-hydrogen) atoms. The molecule has 1 fully saturated rings. The molecule has 2 aromatic carbocycles. The first-order valence-electron chi connectivity index (χ1n) is 8.54. The van der Waals surface area contributed by atoms with Crippen LogP contribution in [-0.2, 0) is 11.2 Å². The summed E-state index contributed by atoms with van der Waals surface area (Å²) in [5, 5.41) is 12.5. The SMILES string of the molecule is Cc1cc(OC[C@@H](C)c2ccccc2Cl)ccc1CC1SC(O)NC1=O. The molecule has 3 atom stereocenters. The molecule has 0 radical (unpaired) electrons. The number of thioether (sulfide) groups is 1. The predicted molar refractivity (Wildman–Crippen MR) is 106 cm³/mol. The second-order valence-corrected chi connectivity index (χ2v) is 8.21. The van der Waals surface area contributed by atoms with E-state index in [9.17, 15) is 9.90 Å². The highest BCUT2D eigenvalue weighted by Gasteiger charge is 2.31. The summed E-state index contributed by atoms with van der Waals surface area (Å²) in [6.45, 7) is 4.63. The summed E-state index contributed by atoms with van der Waals surface area (Å²) < 4.78 is 5.94. The van der Waals surface area contributed by atoms with Gasteiger partial charge in [0.2, 0.25) is 5.91 Å². The van der Waals surface area contributed by atoms with E-state index < -0.39 is 5.56 Å². The summed E-state index contributed by atoms with van der Waals surface area (Å²) in [5.74, 6) is 0.869. The van der Waals surface area contributed by atoms with Gasteiger partial charge in [0.05, 0.1) is 11.9 Å². The second-order valence-electron chi connectivity index (χ2n) is 6.51. The number of ether oxygens (including phenoxy) is 1. The average Bonchev–Trinajstić information content (AvgIpc) is 2.92. The summed E-state index contributed by atoms with van der Waals surface area (Å²) in [6, 6.07) is 13.7. The molecule has 0 bridgehead atoms. The lowest BCUT2D eigenvalue weighted by molar-refractivity contribution is -0.121. The van der Waals surface area contributed by atoms with Gasteiger partial charge in [-0.25, -0.2) is 0 Å². The van der Waals surface area contributed by atoms with Crippen molar-refractivity contribution in [2.45, 2.75) is 37.0 Å². The minimum Gasteiger partial charge on any atom is -0.493 e. The molecule has 4 nitrogen and oxygen atoms in total. The van der Waals surface area contributed by atoms with Crippen molar-refractivity contribution in [2.75, 3.05) is 6.61 Å². The fourth-order valence-electron chi connectivity index (χ4n) is 2.98. The molecule has 1 aliphatic heterocycles. The normalized spacial score (nSPS) is 20.7. The van der Waals surface area contributed by atoms with Gasteiger partial charge in [-0.2, -0.15) is 0 Å². The van der Waals surface area contributed by atoms with Crippen LogP contribution in [-0.4, -0.2) is 28.4 Å². The molecule has 2 unspecified atom stereocenters. The van der Waals surface area contributed by atoms with Crippen LogP contribution in [0, 0.1) is 6.92 Å². The topological polar surface area (TPSA) is 58.6 Å². The molecule has 2 N–H and O–H groups in total. The largest absolute Gasteiger partial charge is 0.493 e. The van der Waals surface area contributed by atoms with Gasteiger partial charge in [-0.15, -0.1) is 0 Å². The maximum Gasteiger partial charge on any atom is 0.236 e. The van der Waals surface area contributed by atoms with E-state index >= 15 is 0 Å². The zero-order chi connectivity index (χ0) is 18.7. The maximum absolute atomic E-state index is 11.8. The lowest BCUT2D eigenvalue weighted by Crippen LogP contribution is -2.28. The van der Waals surface area contributed by atoms with E-state index in [1.165, 1.54) is 11.8 Å². The van der Waals surface area contributed by atoms with Crippen LogP contribution in [0.1, 0.15) is 29.5 Å². The molecule has 0 spiro atoms. The van der Waals surface area contributed by atoms with Crippen LogP contribution in [0.3, 0.4) is 0 Å². The maximum atomic E-state index is 11.8. The number of rotatable bonds is 6. The Labute approximate surface area is 162 Å². The first kappa shape index (κ1) is 19.1. The van der Waals surface area contributed by atoms with Crippen LogP contribution in [0.15, 0.2) is 42.5 Å². The van der Waals surface area contributed by atoms with Gasteiger partial charge in [0.1, 0.15) is 5.75 Å². The summed E-state index contributed by atoms with van der Waals surface area (Å²) in [4.78, 5) is 11.8. The molecule has 0 aromatic heterocycles. The van der Waals surface area contributed by atoms with Gasteiger partial charge in [0.25, 0.3) is 0 Å². The fourth-order valence-corrected chi connectivity index (χ4v) is 4.26. The van der Waals surface area contributed by atoms with E-state index in [2.05, 4.69) is 12.2 Å². The zero-order valence-electron chi connectivity index (χ0n) is 14.7. The lowest BCUT2D eigenvalue weighted by atomic mass is 10.0. The second kappa shape index (κ2) is 8.33. The van der Waals surface area contributed by atoms with E-state index in [-0.39, 0.29) is 17.1 Å². The number of aryl methyl sites for hydroxylation is 1. The molecule has 6 heteroatoms. The van der Waals surface area contributed by atoms with Gasteiger partial charge in [-0.05, 0) is 48.2 Å².